The topological polar surface area (TPSA) is 38.3 Å². The number of quaternary nitrogens is 1. The van der Waals surface area contributed by atoms with Gasteiger partial charge in [-0.3, -0.25) is 5.32 Å². The summed E-state index contributed by atoms with van der Waals surface area (Å²) in [5, 5.41) is 3.40. The zero-order chi connectivity index (χ0) is 17.3. The number of ether oxygens (including phenoxy) is 1. The summed E-state index contributed by atoms with van der Waals surface area (Å²) >= 11 is 5.85. The first-order valence-corrected chi connectivity index (χ1v) is 8.88. The van der Waals surface area contributed by atoms with Gasteiger partial charge in [0.05, 0.1) is 34.3 Å². The van der Waals surface area contributed by atoms with Gasteiger partial charge in [-0.2, -0.15) is 0 Å². The van der Waals surface area contributed by atoms with E-state index in [1.54, 1.807) is 24.3 Å². The summed E-state index contributed by atoms with van der Waals surface area (Å²) in [4.78, 5) is 12.1. The van der Waals surface area contributed by atoms with E-state index in [-0.39, 0.29) is 24.0 Å². The summed E-state index contributed by atoms with van der Waals surface area (Å²) in [7, 11) is 6.67. The molecule has 0 unspecified atom stereocenters. The highest BCUT2D eigenvalue weighted by Crippen LogP contribution is 2.48. The van der Waals surface area contributed by atoms with E-state index in [1.165, 1.54) is 6.42 Å². The molecule has 1 amide bonds. The van der Waals surface area contributed by atoms with Gasteiger partial charge in [0.15, 0.2) is 0 Å². The molecule has 0 spiro atoms. The molecule has 25 heavy (non-hydrogen) atoms. The molecule has 6 heteroatoms. The van der Waals surface area contributed by atoms with Crippen LogP contribution >= 0.6 is 11.6 Å². The molecule has 4 atom stereocenters. The van der Waals surface area contributed by atoms with Crippen LogP contribution in [0.1, 0.15) is 6.42 Å². The van der Waals surface area contributed by atoms with E-state index in [1.807, 2.05) is 0 Å². The van der Waals surface area contributed by atoms with Crippen molar-refractivity contribution in [1.82, 2.24) is 0 Å². The van der Waals surface area contributed by atoms with Crippen molar-refractivity contribution in [2.75, 3.05) is 39.6 Å². The van der Waals surface area contributed by atoms with Crippen LogP contribution in [0.5, 0.6) is 0 Å². The van der Waals surface area contributed by atoms with E-state index >= 15 is 0 Å². The van der Waals surface area contributed by atoms with Crippen LogP contribution in [0.3, 0.4) is 0 Å². The molecule has 3 rings (SSSR count). The third-order valence-corrected chi connectivity index (χ3v) is 5.31. The molecule has 0 aliphatic heterocycles. The number of nitrogens with zero attached hydrogens (tertiary/aromatic N) is 1. The molecule has 2 aliphatic rings. The summed E-state index contributed by atoms with van der Waals surface area (Å²) < 4.78 is 6.47. The highest BCUT2D eigenvalue weighted by atomic mass is 127. The first-order chi connectivity index (χ1) is 11.3. The van der Waals surface area contributed by atoms with Crippen molar-refractivity contribution in [2.45, 2.75) is 6.42 Å². The normalized spacial score (nSPS) is 27.0. The fraction of sp³-hybridized carbons (Fsp3) is 0.526. The molecule has 0 aromatic heterocycles. The largest absolute Gasteiger partial charge is 1.00 e. The molecule has 0 saturated heterocycles. The second-order valence-electron chi connectivity index (χ2n) is 7.98. The molecule has 2 aliphatic carbocycles. The minimum atomic E-state index is -0.395. The average molecular weight is 477 g/mol. The Hall–Kier alpha value is -0.790. The summed E-state index contributed by atoms with van der Waals surface area (Å²) in [6, 6.07) is 7.03. The van der Waals surface area contributed by atoms with Crippen LogP contribution in [-0.2, 0) is 4.74 Å². The van der Waals surface area contributed by atoms with Crippen molar-refractivity contribution in [3.8, 4) is 0 Å². The van der Waals surface area contributed by atoms with Crippen LogP contribution in [0, 0.1) is 23.7 Å². The molecule has 138 valence electrons. The third-order valence-electron chi connectivity index (χ3n) is 5.06. The number of fused-ring (bicyclic) bond motifs is 2. The average Bonchev–Trinajstić information content (AvgIpc) is 3.08. The van der Waals surface area contributed by atoms with Gasteiger partial charge in [-0.1, -0.05) is 23.8 Å². The zero-order valence-corrected chi connectivity index (χ0v) is 17.8. The lowest BCUT2D eigenvalue weighted by Crippen LogP contribution is -3.00. The van der Waals surface area contributed by atoms with E-state index in [4.69, 9.17) is 16.3 Å². The molecule has 0 heterocycles. The van der Waals surface area contributed by atoms with Gasteiger partial charge < -0.3 is 33.2 Å². The van der Waals surface area contributed by atoms with Gasteiger partial charge in [-0.25, -0.2) is 4.79 Å². The van der Waals surface area contributed by atoms with E-state index in [0.29, 0.717) is 41.0 Å². The number of allylic oxidation sites excluding steroid dienone is 2. The lowest BCUT2D eigenvalue weighted by Gasteiger charge is -2.34. The Balaban J connectivity index is 0.00000225. The Kier molecular flexibility index (Phi) is 6.79. The smallest absolute Gasteiger partial charge is 0.411 e. The number of amides is 1. The molecule has 2 bridgehead atoms. The van der Waals surface area contributed by atoms with Gasteiger partial charge in [0.25, 0.3) is 0 Å². The lowest BCUT2D eigenvalue weighted by molar-refractivity contribution is -0.874. The summed E-state index contributed by atoms with van der Waals surface area (Å²) in [5.41, 5.74) is 0.695. The van der Waals surface area contributed by atoms with Gasteiger partial charge in [0, 0.05) is 22.5 Å². The maximum Gasteiger partial charge on any atom is 0.411 e. The summed E-state index contributed by atoms with van der Waals surface area (Å²) in [6.07, 6.45) is 5.47. The van der Waals surface area contributed by atoms with E-state index in [9.17, 15) is 4.79 Å². The molecule has 1 aromatic rings. The highest BCUT2D eigenvalue weighted by Gasteiger charge is 2.47. The Bertz CT molecular complexity index is 627. The quantitative estimate of drug-likeness (QED) is 0.392. The van der Waals surface area contributed by atoms with Crippen LogP contribution in [0.25, 0.3) is 0 Å². The fourth-order valence-electron chi connectivity index (χ4n) is 4.04. The van der Waals surface area contributed by atoms with Gasteiger partial charge in [0.1, 0.15) is 0 Å². The SMILES string of the molecule is C[N+](C)(C)C[C@H]1[C@@H](COC(=O)Nc2ccc(Cl)cc2)[C@H]2C=C[C@H]1C2.[I-]. The predicted molar refractivity (Wildman–Crippen MR) is 97.0 cm³/mol. The van der Waals surface area contributed by atoms with Crippen molar-refractivity contribution in [3.05, 3.63) is 41.4 Å². The number of carbonyl (C=O) groups is 1. The van der Waals surface area contributed by atoms with Gasteiger partial charge in [0.2, 0.25) is 0 Å². The number of anilines is 1. The Morgan fingerprint density at radius 3 is 2.36 bits per heavy atom. The second-order valence-corrected chi connectivity index (χ2v) is 8.42. The minimum absolute atomic E-state index is 0. The highest BCUT2D eigenvalue weighted by molar-refractivity contribution is 6.30. The van der Waals surface area contributed by atoms with Crippen molar-refractivity contribution >= 4 is 23.4 Å². The summed E-state index contributed by atoms with van der Waals surface area (Å²) in [6.45, 7) is 1.59. The number of carbonyl (C=O) groups excluding carboxylic acids is 1. The standard InChI is InChI=1S/C19H25ClN2O2.HI/c1-22(2,3)11-17-13-4-5-14(10-13)18(17)12-24-19(23)21-16-8-6-15(20)7-9-16;/h4-9,13-14,17-18H,10-12H2,1-3H3;1H/t13-,14-,17+,18-;/m0./s1. The van der Waals surface area contributed by atoms with Crippen LogP contribution in [-0.4, -0.2) is 44.9 Å². The van der Waals surface area contributed by atoms with Crippen LogP contribution < -0.4 is 29.3 Å². The molecule has 1 fully saturated rings. The van der Waals surface area contributed by atoms with Gasteiger partial charge >= 0.3 is 6.09 Å². The Morgan fingerprint density at radius 1 is 1.16 bits per heavy atom. The minimum Gasteiger partial charge on any atom is -1.00 e. The Labute approximate surface area is 172 Å². The van der Waals surface area contributed by atoms with E-state index in [2.05, 4.69) is 38.6 Å². The third kappa shape index (κ3) is 5.34. The zero-order valence-electron chi connectivity index (χ0n) is 14.9. The molecule has 1 saturated carbocycles. The number of hydrogen-bond acceptors (Lipinski definition) is 2. The van der Waals surface area contributed by atoms with Crippen molar-refractivity contribution in [3.63, 3.8) is 0 Å². The molecule has 0 radical (unpaired) electrons. The molecular formula is C19H26ClIN2O2. The van der Waals surface area contributed by atoms with Crippen molar-refractivity contribution in [2.24, 2.45) is 23.7 Å². The van der Waals surface area contributed by atoms with E-state index in [0.717, 1.165) is 11.0 Å². The molecular weight excluding hydrogens is 451 g/mol. The maximum atomic E-state index is 12.1. The van der Waals surface area contributed by atoms with Crippen LogP contribution in [0.4, 0.5) is 10.5 Å². The monoisotopic (exact) mass is 476 g/mol. The maximum absolute atomic E-state index is 12.1. The van der Waals surface area contributed by atoms with Crippen molar-refractivity contribution in [1.29, 1.82) is 0 Å². The van der Waals surface area contributed by atoms with Crippen LogP contribution in [0.2, 0.25) is 5.02 Å². The fourth-order valence-corrected chi connectivity index (χ4v) is 4.16. The summed E-state index contributed by atoms with van der Waals surface area (Å²) in [5.74, 6) is 2.20. The van der Waals surface area contributed by atoms with Gasteiger partial charge in [-0.15, -0.1) is 0 Å². The number of benzene rings is 1. The van der Waals surface area contributed by atoms with Crippen LogP contribution in [0.15, 0.2) is 36.4 Å². The molecule has 1 N–H and O–H groups in total. The number of nitrogens with one attached hydrogen (secondary N) is 1. The van der Waals surface area contributed by atoms with E-state index < -0.39 is 6.09 Å². The number of rotatable bonds is 5. The van der Waals surface area contributed by atoms with Gasteiger partial charge in [-0.05, 0) is 42.5 Å². The lowest BCUT2D eigenvalue weighted by atomic mass is 9.83. The predicted octanol–water partition coefficient (Wildman–Crippen LogP) is 1.04. The molecule has 1 aromatic carbocycles. The first kappa shape index (κ1) is 20.5. The molecule has 4 nitrogen and oxygen atoms in total. The second kappa shape index (κ2) is 8.27. The number of halogens is 2. The Morgan fingerprint density at radius 2 is 1.76 bits per heavy atom. The number of hydrogen-bond donors (Lipinski definition) is 1. The first-order valence-electron chi connectivity index (χ1n) is 8.50. The van der Waals surface area contributed by atoms with Crippen molar-refractivity contribution < 1.29 is 38.0 Å².